The van der Waals surface area contributed by atoms with Gasteiger partial charge < -0.3 is 0 Å². The summed E-state index contributed by atoms with van der Waals surface area (Å²) in [6.07, 6.45) is 0.264. The summed E-state index contributed by atoms with van der Waals surface area (Å²) in [6.45, 7) is 4.54. The lowest BCUT2D eigenvalue weighted by Crippen LogP contribution is -2.11. The van der Waals surface area contributed by atoms with Crippen LogP contribution in [0.25, 0.3) is 0 Å². The number of nitrogens with zero attached hydrogens (tertiary/aromatic N) is 2. The topological polar surface area (TPSA) is 34.9 Å². The predicted molar refractivity (Wildman–Crippen MR) is 92.5 cm³/mol. The van der Waals surface area contributed by atoms with Gasteiger partial charge in [-0.3, -0.25) is 9.48 Å². The van der Waals surface area contributed by atoms with Crippen molar-refractivity contribution in [1.82, 2.24) is 9.78 Å². The first-order valence-electron chi connectivity index (χ1n) is 6.14. The van der Waals surface area contributed by atoms with Crippen molar-refractivity contribution in [3.8, 4) is 0 Å². The Hall–Kier alpha value is -0.400. The molecule has 3 nitrogen and oxygen atoms in total. The van der Waals surface area contributed by atoms with Crippen LogP contribution in [0.4, 0.5) is 0 Å². The zero-order chi connectivity index (χ0) is 14.9. The molecule has 0 atom stereocenters. The number of ketones is 1. The highest BCUT2D eigenvalue weighted by molar-refractivity contribution is 14.1. The maximum absolute atomic E-state index is 12.5. The van der Waals surface area contributed by atoms with Gasteiger partial charge in [0, 0.05) is 20.2 Å². The van der Waals surface area contributed by atoms with Crippen LogP contribution in [0.15, 0.2) is 22.7 Å². The summed E-state index contributed by atoms with van der Waals surface area (Å²) in [7, 11) is 0. The minimum Gasteiger partial charge on any atom is -0.294 e. The smallest absolute Gasteiger partial charge is 0.169 e. The fraction of sp³-hybridized carbons (Fsp3) is 0.286. The molecule has 0 amide bonds. The second kappa shape index (κ2) is 6.58. The Bertz CT molecular complexity index is 669. The van der Waals surface area contributed by atoms with E-state index in [1.165, 1.54) is 0 Å². The summed E-state index contributed by atoms with van der Waals surface area (Å²) < 4.78 is 3.62. The van der Waals surface area contributed by atoms with E-state index in [-0.39, 0.29) is 12.2 Å². The van der Waals surface area contributed by atoms with Gasteiger partial charge in [-0.15, -0.1) is 0 Å². The first-order chi connectivity index (χ1) is 9.43. The van der Waals surface area contributed by atoms with Crippen molar-refractivity contribution in [1.29, 1.82) is 0 Å². The molecule has 0 unspecified atom stereocenters. The molecule has 2 aromatic rings. The third kappa shape index (κ3) is 3.26. The van der Waals surface area contributed by atoms with Gasteiger partial charge in [-0.1, -0.05) is 27.5 Å². The maximum atomic E-state index is 12.5. The minimum atomic E-state index is 0.0483. The van der Waals surface area contributed by atoms with Crippen LogP contribution < -0.4 is 0 Å². The summed E-state index contributed by atoms with van der Waals surface area (Å²) in [5, 5.41) is 4.92. The second-order valence-electron chi connectivity index (χ2n) is 4.39. The Morgan fingerprint density at radius 1 is 1.50 bits per heavy atom. The highest BCUT2D eigenvalue weighted by Crippen LogP contribution is 2.24. The van der Waals surface area contributed by atoms with Gasteiger partial charge in [-0.05, 0) is 54.6 Å². The normalized spacial score (nSPS) is 10.8. The molecule has 6 heteroatoms. The molecule has 106 valence electrons. The molecule has 0 radical (unpaired) electrons. The van der Waals surface area contributed by atoms with Crippen LogP contribution in [0.2, 0.25) is 5.02 Å². The summed E-state index contributed by atoms with van der Waals surface area (Å²) in [5.41, 5.74) is 2.25. The van der Waals surface area contributed by atoms with E-state index in [0.29, 0.717) is 17.1 Å². The van der Waals surface area contributed by atoms with Gasteiger partial charge in [0.1, 0.15) is 0 Å². The monoisotopic (exact) mass is 466 g/mol. The molecule has 0 aliphatic rings. The maximum Gasteiger partial charge on any atom is 0.169 e. The highest BCUT2D eigenvalue weighted by atomic mass is 127. The largest absolute Gasteiger partial charge is 0.294 e. The number of hydrogen-bond donors (Lipinski definition) is 0. The van der Waals surface area contributed by atoms with Crippen LogP contribution in [0.1, 0.15) is 28.7 Å². The molecule has 2 rings (SSSR count). The van der Waals surface area contributed by atoms with Crippen molar-refractivity contribution >= 4 is 55.9 Å². The summed E-state index contributed by atoms with van der Waals surface area (Å²) in [4.78, 5) is 12.5. The molecule has 20 heavy (non-hydrogen) atoms. The van der Waals surface area contributed by atoms with Crippen molar-refractivity contribution in [3.63, 3.8) is 0 Å². The van der Waals surface area contributed by atoms with Gasteiger partial charge in [0.25, 0.3) is 0 Å². The van der Waals surface area contributed by atoms with E-state index >= 15 is 0 Å². The molecule has 0 aliphatic heterocycles. The Morgan fingerprint density at radius 2 is 2.20 bits per heavy atom. The van der Waals surface area contributed by atoms with E-state index in [2.05, 4.69) is 43.6 Å². The van der Waals surface area contributed by atoms with Gasteiger partial charge in [0.15, 0.2) is 5.78 Å². The zero-order valence-corrected chi connectivity index (χ0v) is 15.6. The first-order valence-corrected chi connectivity index (χ1v) is 8.39. The molecule has 0 saturated carbocycles. The molecule has 1 aromatic carbocycles. The summed E-state index contributed by atoms with van der Waals surface area (Å²) >= 11 is 11.8. The van der Waals surface area contributed by atoms with Gasteiger partial charge in [-0.25, -0.2) is 0 Å². The van der Waals surface area contributed by atoms with Crippen LogP contribution >= 0.6 is 50.1 Å². The summed E-state index contributed by atoms with van der Waals surface area (Å²) in [6, 6.07) is 5.69. The Kier molecular flexibility index (Phi) is 5.25. The second-order valence-corrected chi connectivity index (χ2v) is 6.84. The average molecular weight is 468 g/mol. The number of carbonyl (C=O) groups excluding carboxylic acids is 1. The Balaban J connectivity index is 2.35. The van der Waals surface area contributed by atoms with E-state index in [1.54, 1.807) is 4.68 Å². The summed E-state index contributed by atoms with van der Waals surface area (Å²) in [5.74, 6) is 0.0483. The molecular weight excluding hydrogens is 454 g/mol. The van der Waals surface area contributed by atoms with Crippen molar-refractivity contribution in [3.05, 3.63) is 48.2 Å². The third-order valence-corrected chi connectivity index (χ3v) is 4.94. The Morgan fingerprint density at radius 3 is 2.85 bits per heavy atom. The molecule has 0 spiro atoms. The Labute approximate surface area is 145 Å². The van der Waals surface area contributed by atoms with Crippen molar-refractivity contribution < 1.29 is 4.79 Å². The molecule has 1 heterocycles. The average Bonchev–Trinajstić information content (AvgIpc) is 2.69. The molecular formula is C14H13BrClIN2O. The highest BCUT2D eigenvalue weighted by Gasteiger charge is 2.18. The van der Waals surface area contributed by atoms with Gasteiger partial charge in [-0.2, -0.15) is 5.10 Å². The number of Topliss-reactive ketones (excluding diaryl/α,β-unsaturated/α-hetero) is 1. The number of rotatable bonds is 4. The number of halogens is 3. The molecule has 0 saturated heterocycles. The molecule has 0 fully saturated rings. The van der Waals surface area contributed by atoms with Gasteiger partial charge in [0.05, 0.1) is 22.8 Å². The molecule has 0 bridgehead atoms. The van der Waals surface area contributed by atoms with E-state index in [9.17, 15) is 4.79 Å². The lowest BCUT2D eigenvalue weighted by molar-refractivity contribution is 0.0989. The number of aromatic nitrogens is 2. The van der Waals surface area contributed by atoms with Crippen LogP contribution in [-0.2, 0) is 13.0 Å². The minimum absolute atomic E-state index is 0.0483. The van der Waals surface area contributed by atoms with Crippen LogP contribution in [-0.4, -0.2) is 15.6 Å². The quantitative estimate of drug-likeness (QED) is 0.484. The van der Waals surface area contributed by atoms with Crippen molar-refractivity contribution in [2.24, 2.45) is 0 Å². The fourth-order valence-electron chi connectivity index (χ4n) is 2.00. The molecule has 0 N–H and O–H groups in total. The van der Waals surface area contributed by atoms with E-state index in [1.807, 2.05) is 32.0 Å². The first kappa shape index (κ1) is 16.0. The van der Waals surface area contributed by atoms with Crippen molar-refractivity contribution in [2.45, 2.75) is 26.8 Å². The van der Waals surface area contributed by atoms with E-state index in [0.717, 1.165) is 19.4 Å². The SMILES string of the molecule is CCn1nc(C)c(Cl)c1CC(=O)c1cc(Br)ccc1I. The van der Waals surface area contributed by atoms with Crippen LogP contribution in [0.3, 0.4) is 0 Å². The lowest BCUT2D eigenvalue weighted by Gasteiger charge is -2.07. The van der Waals surface area contributed by atoms with Crippen LogP contribution in [0, 0.1) is 10.5 Å². The zero-order valence-electron chi connectivity index (χ0n) is 11.1. The molecule has 1 aromatic heterocycles. The number of aryl methyl sites for hydroxylation is 2. The standard InChI is InChI=1S/C14H13BrClIN2O/c1-3-19-12(14(16)8(2)18-19)7-13(20)10-6-9(15)4-5-11(10)17/h4-6H,3,7H2,1-2H3. The number of hydrogen-bond acceptors (Lipinski definition) is 2. The fourth-order valence-corrected chi connectivity index (χ4v) is 3.20. The van der Waals surface area contributed by atoms with Gasteiger partial charge in [0.2, 0.25) is 0 Å². The van der Waals surface area contributed by atoms with E-state index < -0.39 is 0 Å². The molecule has 0 aliphatic carbocycles. The number of benzene rings is 1. The third-order valence-electron chi connectivity index (χ3n) is 3.01. The van der Waals surface area contributed by atoms with Gasteiger partial charge >= 0.3 is 0 Å². The predicted octanol–water partition coefficient (Wildman–Crippen LogP) is 4.66. The van der Waals surface area contributed by atoms with Crippen molar-refractivity contribution in [2.75, 3.05) is 0 Å². The lowest BCUT2D eigenvalue weighted by atomic mass is 10.1. The van der Waals surface area contributed by atoms with Crippen LogP contribution in [0.5, 0.6) is 0 Å². The van der Waals surface area contributed by atoms with E-state index in [4.69, 9.17) is 11.6 Å². The number of carbonyl (C=O) groups is 1.